The summed E-state index contributed by atoms with van der Waals surface area (Å²) >= 11 is 6.99. The molecule has 0 amide bonds. The summed E-state index contributed by atoms with van der Waals surface area (Å²) in [6.07, 6.45) is 3.61. The molecule has 0 fully saturated rings. The van der Waals surface area contributed by atoms with Crippen LogP contribution in [-0.2, 0) is 12.8 Å². The zero-order valence-corrected chi connectivity index (χ0v) is 15.4. The van der Waals surface area contributed by atoms with E-state index in [1.54, 1.807) is 0 Å². The highest BCUT2D eigenvalue weighted by Gasteiger charge is 2.23. The van der Waals surface area contributed by atoms with Gasteiger partial charge in [0.15, 0.2) is 11.5 Å². The standard InChI is InChI=1S/C15H20Br2O4/c1-3-5-7-9-11(16)12(17)10(8-6-4-2)14(13(9)18)21-15(19)20/h18H,3-8H2,1-2H3,(H,19,20). The number of phenolic OH excluding ortho intramolecular Hbond substituents is 1. The van der Waals surface area contributed by atoms with Crippen molar-refractivity contribution in [3.8, 4) is 11.5 Å². The van der Waals surface area contributed by atoms with E-state index < -0.39 is 6.16 Å². The van der Waals surface area contributed by atoms with Crippen LogP contribution in [0, 0.1) is 0 Å². The van der Waals surface area contributed by atoms with Gasteiger partial charge in [0, 0.05) is 20.1 Å². The van der Waals surface area contributed by atoms with Crippen molar-refractivity contribution in [3.05, 3.63) is 20.1 Å². The lowest BCUT2D eigenvalue weighted by molar-refractivity contribution is 0.142. The van der Waals surface area contributed by atoms with Gasteiger partial charge in [-0.3, -0.25) is 0 Å². The van der Waals surface area contributed by atoms with E-state index in [-0.39, 0.29) is 11.5 Å². The molecule has 0 atom stereocenters. The molecule has 0 heterocycles. The van der Waals surface area contributed by atoms with Crippen LogP contribution in [0.4, 0.5) is 4.79 Å². The quantitative estimate of drug-likeness (QED) is 0.438. The highest BCUT2D eigenvalue weighted by atomic mass is 79.9. The monoisotopic (exact) mass is 422 g/mol. The van der Waals surface area contributed by atoms with Crippen molar-refractivity contribution in [2.24, 2.45) is 0 Å². The Balaban J connectivity index is 3.38. The SMILES string of the molecule is CCCCc1c(O)c(OC(=O)O)c(CCCC)c(Br)c1Br. The summed E-state index contributed by atoms with van der Waals surface area (Å²) in [6, 6.07) is 0. The highest BCUT2D eigenvalue weighted by molar-refractivity contribution is 9.13. The van der Waals surface area contributed by atoms with Gasteiger partial charge in [0.1, 0.15) is 0 Å². The molecule has 0 aliphatic heterocycles. The van der Waals surface area contributed by atoms with Gasteiger partial charge in [-0.05, 0) is 57.5 Å². The first-order valence-electron chi connectivity index (χ1n) is 7.06. The number of aromatic hydroxyl groups is 1. The van der Waals surface area contributed by atoms with E-state index in [1.165, 1.54) is 0 Å². The molecule has 4 nitrogen and oxygen atoms in total. The summed E-state index contributed by atoms with van der Waals surface area (Å²) in [5.74, 6) is -0.0239. The first-order valence-corrected chi connectivity index (χ1v) is 8.64. The predicted octanol–water partition coefficient (Wildman–Crippen LogP) is 5.66. The molecule has 0 unspecified atom stereocenters. The van der Waals surface area contributed by atoms with E-state index in [0.717, 1.165) is 34.6 Å². The van der Waals surface area contributed by atoms with Crippen molar-refractivity contribution in [1.29, 1.82) is 0 Å². The van der Waals surface area contributed by atoms with Crippen LogP contribution in [-0.4, -0.2) is 16.4 Å². The fourth-order valence-corrected chi connectivity index (χ4v) is 3.35. The Hall–Kier alpha value is -0.750. The molecule has 0 aliphatic carbocycles. The minimum absolute atomic E-state index is 0.0529. The second-order valence-corrected chi connectivity index (χ2v) is 6.42. The van der Waals surface area contributed by atoms with Crippen molar-refractivity contribution in [1.82, 2.24) is 0 Å². The molecule has 1 aromatic rings. The first kappa shape index (κ1) is 18.3. The summed E-state index contributed by atoms with van der Waals surface area (Å²) in [7, 11) is 0. The normalized spacial score (nSPS) is 10.7. The third kappa shape index (κ3) is 4.61. The maximum Gasteiger partial charge on any atom is 0.511 e. The molecular weight excluding hydrogens is 404 g/mol. The maximum atomic E-state index is 10.9. The van der Waals surface area contributed by atoms with Gasteiger partial charge in [0.2, 0.25) is 0 Å². The lowest BCUT2D eigenvalue weighted by Gasteiger charge is -2.18. The van der Waals surface area contributed by atoms with E-state index in [0.29, 0.717) is 24.0 Å². The minimum Gasteiger partial charge on any atom is -0.504 e. The largest absolute Gasteiger partial charge is 0.511 e. The average Bonchev–Trinajstić information content (AvgIpc) is 2.44. The van der Waals surface area contributed by atoms with Crippen LogP contribution in [0.25, 0.3) is 0 Å². The summed E-state index contributed by atoms with van der Waals surface area (Å²) in [6.45, 7) is 4.11. The molecule has 0 saturated heterocycles. The molecule has 2 N–H and O–H groups in total. The van der Waals surface area contributed by atoms with Crippen LogP contribution >= 0.6 is 31.9 Å². The van der Waals surface area contributed by atoms with Gasteiger partial charge in [0.25, 0.3) is 0 Å². The molecule has 6 heteroatoms. The Bertz CT molecular complexity index is 515. The van der Waals surface area contributed by atoms with Crippen molar-refractivity contribution >= 4 is 38.0 Å². The van der Waals surface area contributed by atoms with Crippen molar-refractivity contribution in [3.63, 3.8) is 0 Å². The van der Waals surface area contributed by atoms with Crippen molar-refractivity contribution in [2.45, 2.75) is 52.4 Å². The van der Waals surface area contributed by atoms with Gasteiger partial charge in [0.05, 0.1) is 0 Å². The number of hydrogen-bond donors (Lipinski definition) is 2. The van der Waals surface area contributed by atoms with Crippen LogP contribution in [0.2, 0.25) is 0 Å². The van der Waals surface area contributed by atoms with Crippen LogP contribution in [0.1, 0.15) is 50.7 Å². The van der Waals surface area contributed by atoms with Crippen LogP contribution < -0.4 is 4.74 Å². The Labute approximate surface area is 141 Å². The Morgan fingerprint density at radius 2 is 1.52 bits per heavy atom. The molecular formula is C15H20Br2O4. The third-order valence-electron chi connectivity index (χ3n) is 3.25. The van der Waals surface area contributed by atoms with Gasteiger partial charge in [-0.1, -0.05) is 26.7 Å². The molecule has 118 valence electrons. The van der Waals surface area contributed by atoms with E-state index >= 15 is 0 Å². The Kier molecular flexibility index (Phi) is 7.52. The Morgan fingerprint density at radius 1 is 1.05 bits per heavy atom. The number of carbonyl (C=O) groups is 1. The average molecular weight is 424 g/mol. The molecule has 1 rings (SSSR count). The highest BCUT2D eigenvalue weighted by Crippen LogP contribution is 2.46. The predicted molar refractivity (Wildman–Crippen MR) is 89.4 cm³/mol. The van der Waals surface area contributed by atoms with E-state index in [2.05, 4.69) is 45.7 Å². The summed E-state index contributed by atoms with van der Waals surface area (Å²) < 4.78 is 6.38. The minimum atomic E-state index is -1.42. The topological polar surface area (TPSA) is 66.8 Å². The number of unbranched alkanes of at least 4 members (excludes halogenated alkanes) is 2. The van der Waals surface area contributed by atoms with Crippen LogP contribution in [0.15, 0.2) is 8.95 Å². The maximum absolute atomic E-state index is 10.9. The van der Waals surface area contributed by atoms with E-state index in [4.69, 9.17) is 9.84 Å². The van der Waals surface area contributed by atoms with Gasteiger partial charge >= 0.3 is 6.16 Å². The van der Waals surface area contributed by atoms with Gasteiger partial charge in [-0.15, -0.1) is 0 Å². The van der Waals surface area contributed by atoms with E-state index in [1.807, 2.05) is 0 Å². The fourth-order valence-electron chi connectivity index (χ4n) is 2.10. The number of hydrogen-bond acceptors (Lipinski definition) is 3. The second kappa shape index (κ2) is 8.63. The number of halogens is 2. The molecule has 1 aromatic carbocycles. The summed E-state index contributed by atoms with van der Waals surface area (Å²) in [5, 5.41) is 19.3. The van der Waals surface area contributed by atoms with Crippen molar-refractivity contribution in [2.75, 3.05) is 0 Å². The Morgan fingerprint density at radius 3 is 2.00 bits per heavy atom. The van der Waals surface area contributed by atoms with Crippen molar-refractivity contribution < 1.29 is 19.7 Å². The smallest absolute Gasteiger partial charge is 0.504 e. The number of phenols is 1. The fraction of sp³-hybridized carbons (Fsp3) is 0.533. The molecule has 0 aliphatic rings. The molecule has 0 aromatic heterocycles. The lowest BCUT2D eigenvalue weighted by atomic mass is 10.0. The number of carboxylic acid groups (broad SMARTS) is 1. The van der Waals surface area contributed by atoms with Gasteiger partial charge in [-0.2, -0.15) is 0 Å². The molecule has 0 saturated carbocycles. The lowest BCUT2D eigenvalue weighted by Crippen LogP contribution is -2.08. The zero-order valence-electron chi connectivity index (χ0n) is 12.2. The molecule has 0 spiro atoms. The van der Waals surface area contributed by atoms with Crippen LogP contribution in [0.3, 0.4) is 0 Å². The molecule has 21 heavy (non-hydrogen) atoms. The second-order valence-electron chi connectivity index (χ2n) is 4.84. The molecule has 0 radical (unpaired) electrons. The van der Waals surface area contributed by atoms with Gasteiger partial charge in [-0.25, -0.2) is 4.79 Å². The first-order chi connectivity index (χ1) is 9.93. The van der Waals surface area contributed by atoms with Gasteiger partial charge < -0.3 is 14.9 Å². The summed E-state index contributed by atoms with van der Waals surface area (Å²) in [5.41, 5.74) is 1.36. The summed E-state index contributed by atoms with van der Waals surface area (Å²) in [4.78, 5) is 10.9. The zero-order chi connectivity index (χ0) is 16.0. The number of benzene rings is 1. The third-order valence-corrected chi connectivity index (χ3v) is 5.53. The van der Waals surface area contributed by atoms with Crippen LogP contribution in [0.5, 0.6) is 11.5 Å². The van der Waals surface area contributed by atoms with E-state index in [9.17, 15) is 9.90 Å². The molecule has 0 bridgehead atoms. The number of ether oxygens (including phenoxy) is 1. The number of rotatable bonds is 7.